The zero-order valence-electron chi connectivity index (χ0n) is 21.9. The van der Waals surface area contributed by atoms with E-state index in [-0.39, 0.29) is 24.9 Å². The number of fused-ring (bicyclic) bond motifs is 1. The molecule has 1 atom stereocenters. The van der Waals surface area contributed by atoms with Crippen LogP contribution in [0.25, 0.3) is 10.9 Å². The molecule has 1 aliphatic rings. The minimum absolute atomic E-state index is 0.107. The van der Waals surface area contributed by atoms with Crippen molar-refractivity contribution in [1.29, 1.82) is 0 Å². The third-order valence-corrected chi connectivity index (χ3v) is 6.70. The van der Waals surface area contributed by atoms with Crippen LogP contribution in [0.1, 0.15) is 0 Å². The van der Waals surface area contributed by atoms with Gasteiger partial charge in [-0.3, -0.25) is 14.4 Å². The maximum Gasteiger partial charge on any atom is 0.246 e. The highest BCUT2D eigenvalue weighted by Crippen LogP contribution is 2.26. The minimum Gasteiger partial charge on any atom is -0.492 e. The summed E-state index contributed by atoms with van der Waals surface area (Å²) >= 11 is 0. The monoisotopic (exact) mass is 552 g/mol. The lowest BCUT2D eigenvalue weighted by Gasteiger charge is -2.38. The molecule has 0 bridgehead atoms. The van der Waals surface area contributed by atoms with Crippen LogP contribution in [0.3, 0.4) is 0 Å². The number of carbonyl (C=O) groups excluding carboxylic acids is 1. The molecule has 0 aliphatic carbocycles. The van der Waals surface area contributed by atoms with Crippen LogP contribution in [0.4, 0.5) is 26.0 Å². The first-order chi connectivity index (χ1) is 19.4. The summed E-state index contributed by atoms with van der Waals surface area (Å²) in [7, 11) is 2.06. The quantitative estimate of drug-likeness (QED) is 0.273. The van der Waals surface area contributed by atoms with E-state index in [1.165, 1.54) is 29.3 Å². The van der Waals surface area contributed by atoms with Crippen molar-refractivity contribution in [2.24, 2.45) is 0 Å². The van der Waals surface area contributed by atoms with Gasteiger partial charge in [-0.05, 0) is 31.3 Å². The van der Waals surface area contributed by atoms with E-state index in [0.717, 1.165) is 31.1 Å². The minimum atomic E-state index is -1.12. The lowest BCUT2D eigenvalue weighted by Crippen LogP contribution is -2.54. The second-order valence-corrected chi connectivity index (χ2v) is 9.59. The van der Waals surface area contributed by atoms with Gasteiger partial charge in [0, 0.05) is 49.9 Å². The molecule has 1 amide bonds. The fourth-order valence-electron chi connectivity index (χ4n) is 4.61. The van der Waals surface area contributed by atoms with Crippen molar-refractivity contribution in [2.45, 2.75) is 12.6 Å². The van der Waals surface area contributed by atoms with Crippen molar-refractivity contribution in [2.75, 3.05) is 57.1 Å². The maximum atomic E-state index is 13.8. The molecule has 3 N–H and O–H groups in total. The highest BCUT2D eigenvalue weighted by atomic mass is 19.2. The number of piperazine rings is 1. The second-order valence-electron chi connectivity index (χ2n) is 9.59. The third kappa shape index (κ3) is 6.50. The summed E-state index contributed by atoms with van der Waals surface area (Å²) in [6.07, 6.45) is 4.57. The second kappa shape index (κ2) is 12.3. The standard InChI is InChI=1S/C27H30F2N8O3/c1-35-7-8-36(19(14-35)16-38)9-10-40-20-5-6-21-24(11-20)30-17-31-27(21)33-18-12-32-37(13-18)15-25(39)34-23-4-2-3-22(28)26(23)29/h2-6,11-13,17,19,38H,7-10,14-16H2,1H3,(H,34,39)(H,30,31,33)/t19-/m1/s1. The van der Waals surface area contributed by atoms with Gasteiger partial charge in [-0.25, -0.2) is 18.7 Å². The topological polar surface area (TPSA) is 121 Å². The summed E-state index contributed by atoms with van der Waals surface area (Å²) < 4.78 is 34.6. The van der Waals surface area contributed by atoms with Gasteiger partial charge >= 0.3 is 0 Å². The Labute approximate surface area is 229 Å². The summed E-state index contributed by atoms with van der Waals surface area (Å²) in [4.78, 5) is 25.5. The van der Waals surface area contributed by atoms with Crippen LogP contribution in [0.2, 0.25) is 0 Å². The zero-order valence-corrected chi connectivity index (χ0v) is 21.9. The van der Waals surface area contributed by atoms with Gasteiger partial charge in [0.2, 0.25) is 5.91 Å². The molecule has 13 heteroatoms. The van der Waals surface area contributed by atoms with E-state index >= 15 is 0 Å². The normalized spacial score (nSPS) is 16.2. The molecule has 5 rings (SSSR count). The lowest BCUT2D eigenvalue weighted by molar-refractivity contribution is -0.116. The lowest BCUT2D eigenvalue weighted by atomic mass is 10.2. The van der Waals surface area contributed by atoms with Crippen molar-refractivity contribution in [3.05, 3.63) is 66.8 Å². The number of hydrogen-bond donors (Lipinski definition) is 3. The van der Waals surface area contributed by atoms with Crippen molar-refractivity contribution < 1.29 is 23.4 Å². The Morgan fingerprint density at radius 2 is 2.08 bits per heavy atom. The summed E-state index contributed by atoms with van der Waals surface area (Å²) in [5.74, 6) is -1.49. The number of nitrogens with one attached hydrogen (secondary N) is 2. The Balaban J connectivity index is 1.18. The predicted molar refractivity (Wildman–Crippen MR) is 145 cm³/mol. The molecule has 11 nitrogen and oxygen atoms in total. The number of anilines is 3. The average molecular weight is 553 g/mol. The van der Waals surface area contributed by atoms with Gasteiger partial charge in [0.15, 0.2) is 11.6 Å². The van der Waals surface area contributed by atoms with Crippen molar-refractivity contribution in [1.82, 2.24) is 29.5 Å². The number of benzene rings is 2. The highest BCUT2D eigenvalue weighted by Gasteiger charge is 2.24. The number of halogens is 2. The number of likely N-dealkylation sites (N-methyl/N-ethyl adjacent to an activating group) is 1. The fraction of sp³-hybridized carbons (Fsp3) is 0.333. The van der Waals surface area contributed by atoms with Crippen LogP contribution < -0.4 is 15.4 Å². The van der Waals surface area contributed by atoms with Crippen LogP contribution >= 0.6 is 0 Å². The molecule has 0 radical (unpaired) electrons. The van der Waals surface area contributed by atoms with Gasteiger partial charge in [-0.1, -0.05) is 6.07 Å². The van der Waals surface area contributed by atoms with Crippen molar-refractivity contribution in [3.8, 4) is 5.75 Å². The molecule has 0 spiro atoms. The number of carbonyl (C=O) groups is 1. The molecule has 2 aromatic heterocycles. The van der Waals surface area contributed by atoms with Crippen LogP contribution in [0.5, 0.6) is 5.75 Å². The average Bonchev–Trinajstić information content (AvgIpc) is 3.38. The third-order valence-electron chi connectivity index (χ3n) is 6.70. The molecule has 0 unspecified atom stereocenters. The molecule has 4 aromatic rings. The van der Waals surface area contributed by atoms with E-state index in [9.17, 15) is 18.7 Å². The first-order valence-corrected chi connectivity index (χ1v) is 12.8. The Morgan fingerprint density at radius 1 is 1.20 bits per heavy atom. The fourth-order valence-corrected chi connectivity index (χ4v) is 4.61. The Morgan fingerprint density at radius 3 is 2.92 bits per heavy atom. The van der Waals surface area contributed by atoms with E-state index in [4.69, 9.17) is 4.74 Å². The number of aromatic nitrogens is 4. The van der Waals surface area contributed by atoms with Crippen molar-refractivity contribution >= 4 is 34.0 Å². The molecule has 2 aromatic carbocycles. The van der Waals surface area contributed by atoms with E-state index in [1.807, 2.05) is 18.2 Å². The van der Waals surface area contributed by atoms with Gasteiger partial charge in [-0.15, -0.1) is 0 Å². The van der Waals surface area contributed by atoms with E-state index in [0.29, 0.717) is 35.9 Å². The number of rotatable bonds is 10. The number of aliphatic hydroxyl groups excluding tert-OH is 1. The smallest absolute Gasteiger partial charge is 0.246 e. The molecule has 0 saturated carbocycles. The van der Waals surface area contributed by atoms with Gasteiger partial charge in [0.25, 0.3) is 0 Å². The molecular formula is C27H30F2N8O3. The highest BCUT2D eigenvalue weighted by molar-refractivity contribution is 5.92. The summed E-state index contributed by atoms with van der Waals surface area (Å²) in [5, 5.41) is 20.1. The molecular weight excluding hydrogens is 522 g/mol. The van der Waals surface area contributed by atoms with Crippen LogP contribution in [0.15, 0.2) is 55.1 Å². The van der Waals surface area contributed by atoms with Crippen LogP contribution in [-0.4, -0.2) is 93.0 Å². The van der Waals surface area contributed by atoms with E-state index < -0.39 is 17.5 Å². The number of hydrogen-bond acceptors (Lipinski definition) is 9. The van der Waals surface area contributed by atoms with Gasteiger partial charge in [0.05, 0.1) is 29.7 Å². The van der Waals surface area contributed by atoms with Gasteiger partial charge in [0.1, 0.15) is 31.0 Å². The molecule has 1 saturated heterocycles. The van der Waals surface area contributed by atoms with E-state index in [2.05, 4.69) is 42.5 Å². The summed E-state index contributed by atoms with van der Waals surface area (Å²) in [6, 6.07) is 9.24. The number of nitrogens with zero attached hydrogens (tertiary/aromatic N) is 6. The predicted octanol–water partition coefficient (Wildman–Crippen LogP) is 2.47. The van der Waals surface area contributed by atoms with Gasteiger partial charge < -0.3 is 25.4 Å². The first kappa shape index (κ1) is 27.4. The van der Waals surface area contributed by atoms with E-state index in [1.54, 1.807) is 6.20 Å². The number of amides is 1. The molecule has 1 fully saturated rings. The van der Waals surface area contributed by atoms with Gasteiger partial charge in [-0.2, -0.15) is 5.10 Å². The van der Waals surface area contributed by atoms with Crippen LogP contribution in [0, 0.1) is 11.6 Å². The number of ether oxygens (including phenoxy) is 1. The SMILES string of the molecule is CN1CCN(CCOc2ccc3c(Nc4cnn(CC(=O)Nc5cccc(F)c5F)c4)ncnc3c2)[C@@H](CO)C1. The maximum absolute atomic E-state index is 13.8. The molecule has 40 heavy (non-hydrogen) atoms. The Hall–Kier alpha value is -4.20. The molecule has 3 heterocycles. The first-order valence-electron chi connectivity index (χ1n) is 12.8. The molecule has 1 aliphatic heterocycles. The molecule has 210 valence electrons. The summed E-state index contributed by atoms with van der Waals surface area (Å²) in [6.45, 7) is 3.80. The largest absolute Gasteiger partial charge is 0.492 e. The van der Waals surface area contributed by atoms with Crippen molar-refractivity contribution in [3.63, 3.8) is 0 Å². The number of aliphatic hydroxyl groups is 1. The zero-order chi connectivity index (χ0) is 28.1. The summed E-state index contributed by atoms with van der Waals surface area (Å²) in [5.41, 5.74) is 1.03. The van der Waals surface area contributed by atoms with Crippen LogP contribution in [-0.2, 0) is 11.3 Å². The Bertz CT molecular complexity index is 1480. The Kier molecular flexibility index (Phi) is 8.43.